The topological polar surface area (TPSA) is 84.5 Å². The van der Waals surface area contributed by atoms with Gasteiger partial charge in [-0.1, -0.05) is 23.7 Å². The summed E-state index contributed by atoms with van der Waals surface area (Å²) in [5, 5.41) is 4.72. The van der Waals surface area contributed by atoms with E-state index in [4.69, 9.17) is 16.3 Å². The highest BCUT2D eigenvalue weighted by molar-refractivity contribution is 6.30. The average Bonchev–Trinajstić information content (AvgIpc) is 2.42. The molecule has 0 radical (unpaired) electrons. The third-order valence-corrected chi connectivity index (χ3v) is 2.29. The third kappa shape index (κ3) is 5.53. The van der Waals surface area contributed by atoms with Crippen LogP contribution in [0.2, 0.25) is 5.02 Å². The Bertz CT molecular complexity index is 531. The van der Waals surface area contributed by atoms with E-state index in [-0.39, 0.29) is 12.1 Å². The zero-order valence-corrected chi connectivity index (χ0v) is 11.3. The summed E-state index contributed by atoms with van der Waals surface area (Å²) in [7, 11) is 0. The van der Waals surface area contributed by atoms with Gasteiger partial charge in [-0.2, -0.15) is 0 Å². The number of benzene rings is 1. The van der Waals surface area contributed by atoms with Gasteiger partial charge < -0.3 is 10.1 Å². The summed E-state index contributed by atoms with van der Waals surface area (Å²) >= 11 is 5.72. The minimum absolute atomic E-state index is 0.224. The van der Waals surface area contributed by atoms with Crippen LogP contribution in [0.4, 0.5) is 4.79 Å². The van der Waals surface area contributed by atoms with Crippen LogP contribution in [0.25, 0.3) is 0 Å². The Labute approximate surface area is 120 Å². The molecule has 7 heteroatoms. The van der Waals surface area contributed by atoms with Crippen molar-refractivity contribution in [1.82, 2.24) is 10.6 Å². The van der Waals surface area contributed by atoms with E-state index in [1.54, 1.807) is 12.1 Å². The van der Waals surface area contributed by atoms with E-state index in [0.29, 0.717) is 5.02 Å². The molecule has 1 aromatic carbocycles. The summed E-state index contributed by atoms with van der Waals surface area (Å²) in [6.45, 7) is 3.07. The number of rotatable bonds is 5. The molecule has 1 aromatic rings. The number of amides is 3. The molecule has 0 spiro atoms. The molecule has 0 saturated heterocycles. The number of carbonyl (C=O) groups excluding carboxylic acids is 3. The van der Waals surface area contributed by atoms with Crippen molar-refractivity contribution in [3.63, 3.8) is 0 Å². The van der Waals surface area contributed by atoms with Crippen LogP contribution in [0.5, 0.6) is 0 Å². The number of imide groups is 1. The van der Waals surface area contributed by atoms with Crippen LogP contribution in [0.3, 0.4) is 0 Å². The molecule has 0 unspecified atom stereocenters. The molecule has 20 heavy (non-hydrogen) atoms. The van der Waals surface area contributed by atoms with E-state index >= 15 is 0 Å². The molecule has 0 saturated carbocycles. The van der Waals surface area contributed by atoms with Gasteiger partial charge in [0.15, 0.2) is 6.61 Å². The van der Waals surface area contributed by atoms with Gasteiger partial charge in [-0.3, -0.25) is 10.1 Å². The van der Waals surface area contributed by atoms with Crippen LogP contribution >= 0.6 is 11.6 Å². The van der Waals surface area contributed by atoms with Gasteiger partial charge in [-0.15, -0.1) is 6.58 Å². The molecule has 0 aromatic heterocycles. The molecule has 6 nitrogen and oxygen atoms in total. The number of hydrogen-bond acceptors (Lipinski definition) is 4. The van der Waals surface area contributed by atoms with Gasteiger partial charge in [-0.25, -0.2) is 9.59 Å². The first-order chi connectivity index (χ1) is 9.52. The number of esters is 1. The number of ether oxygens (including phenoxy) is 1. The van der Waals surface area contributed by atoms with Crippen LogP contribution in [0.15, 0.2) is 36.9 Å². The van der Waals surface area contributed by atoms with E-state index < -0.39 is 24.5 Å². The minimum Gasteiger partial charge on any atom is -0.452 e. The van der Waals surface area contributed by atoms with E-state index in [2.05, 4.69) is 11.9 Å². The quantitative estimate of drug-likeness (QED) is 0.637. The summed E-state index contributed by atoms with van der Waals surface area (Å²) in [6, 6.07) is 5.42. The van der Waals surface area contributed by atoms with Crippen molar-refractivity contribution < 1.29 is 19.1 Å². The fourth-order valence-electron chi connectivity index (χ4n) is 1.20. The lowest BCUT2D eigenvalue weighted by molar-refractivity contribution is -0.123. The van der Waals surface area contributed by atoms with Crippen molar-refractivity contribution in [2.75, 3.05) is 13.2 Å². The summed E-state index contributed by atoms with van der Waals surface area (Å²) in [6.07, 6.45) is 1.46. The minimum atomic E-state index is -0.734. The van der Waals surface area contributed by atoms with Gasteiger partial charge in [0.05, 0.1) is 5.56 Å². The Hall–Kier alpha value is -2.34. The molecular formula is C13H13ClN2O4. The lowest BCUT2D eigenvalue weighted by atomic mass is 10.2. The molecular weight excluding hydrogens is 284 g/mol. The lowest BCUT2D eigenvalue weighted by Crippen LogP contribution is -2.41. The molecule has 0 aliphatic rings. The van der Waals surface area contributed by atoms with Crippen molar-refractivity contribution in [2.45, 2.75) is 0 Å². The highest BCUT2D eigenvalue weighted by Crippen LogP contribution is 2.11. The predicted molar refractivity (Wildman–Crippen MR) is 73.5 cm³/mol. The normalized spacial score (nSPS) is 9.45. The third-order valence-electron chi connectivity index (χ3n) is 2.05. The van der Waals surface area contributed by atoms with Gasteiger partial charge in [0, 0.05) is 11.6 Å². The summed E-state index contributed by atoms with van der Waals surface area (Å²) < 4.78 is 4.74. The predicted octanol–water partition coefficient (Wildman–Crippen LogP) is 1.51. The number of halogens is 1. The van der Waals surface area contributed by atoms with Gasteiger partial charge in [0.2, 0.25) is 0 Å². The van der Waals surface area contributed by atoms with Crippen molar-refractivity contribution in [2.24, 2.45) is 0 Å². The van der Waals surface area contributed by atoms with E-state index in [1.807, 2.05) is 5.32 Å². The van der Waals surface area contributed by atoms with Crippen LogP contribution in [-0.2, 0) is 9.53 Å². The average molecular weight is 297 g/mol. The molecule has 0 aliphatic heterocycles. The van der Waals surface area contributed by atoms with Gasteiger partial charge in [-0.05, 0) is 18.2 Å². The SMILES string of the molecule is C=CCNC(=O)NC(=O)COC(=O)c1cccc(Cl)c1. The second-order valence-electron chi connectivity index (χ2n) is 3.63. The molecule has 0 heterocycles. The Balaban J connectivity index is 2.39. The van der Waals surface area contributed by atoms with Crippen LogP contribution in [0.1, 0.15) is 10.4 Å². The Morgan fingerprint density at radius 3 is 2.75 bits per heavy atom. The second kappa shape index (κ2) is 7.96. The number of hydrogen-bond donors (Lipinski definition) is 2. The first-order valence-electron chi connectivity index (χ1n) is 5.64. The van der Waals surface area contributed by atoms with Gasteiger partial charge in [0.1, 0.15) is 0 Å². The molecule has 0 bridgehead atoms. The van der Waals surface area contributed by atoms with Gasteiger partial charge >= 0.3 is 12.0 Å². The lowest BCUT2D eigenvalue weighted by Gasteiger charge is -2.06. The molecule has 1 rings (SSSR count). The zero-order valence-electron chi connectivity index (χ0n) is 10.5. The summed E-state index contributed by atoms with van der Waals surface area (Å²) in [4.78, 5) is 34.0. The van der Waals surface area contributed by atoms with Crippen molar-refractivity contribution in [1.29, 1.82) is 0 Å². The molecule has 2 N–H and O–H groups in total. The monoisotopic (exact) mass is 296 g/mol. The fourth-order valence-corrected chi connectivity index (χ4v) is 1.39. The van der Waals surface area contributed by atoms with Gasteiger partial charge in [0.25, 0.3) is 5.91 Å². The largest absolute Gasteiger partial charge is 0.452 e. The van der Waals surface area contributed by atoms with Crippen molar-refractivity contribution in [3.8, 4) is 0 Å². The molecule has 0 aliphatic carbocycles. The standard InChI is InChI=1S/C13H13ClN2O4/c1-2-6-15-13(19)16-11(17)8-20-12(18)9-4-3-5-10(14)7-9/h2-5,7H,1,6,8H2,(H2,15,16,17,19). The van der Waals surface area contributed by atoms with E-state index in [1.165, 1.54) is 18.2 Å². The molecule has 0 atom stereocenters. The van der Waals surface area contributed by atoms with Crippen molar-refractivity contribution in [3.05, 3.63) is 47.5 Å². The molecule has 106 valence electrons. The van der Waals surface area contributed by atoms with Crippen molar-refractivity contribution >= 4 is 29.5 Å². The van der Waals surface area contributed by atoms with Crippen LogP contribution in [0, 0.1) is 0 Å². The highest BCUT2D eigenvalue weighted by Gasteiger charge is 2.12. The summed E-state index contributed by atoms with van der Waals surface area (Å²) in [5.74, 6) is -1.43. The molecule has 0 fully saturated rings. The Kier molecular flexibility index (Phi) is 6.25. The number of urea groups is 1. The Morgan fingerprint density at radius 2 is 2.10 bits per heavy atom. The van der Waals surface area contributed by atoms with E-state index in [0.717, 1.165) is 0 Å². The van der Waals surface area contributed by atoms with Crippen LogP contribution < -0.4 is 10.6 Å². The highest BCUT2D eigenvalue weighted by atomic mass is 35.5. The van der Waals surface area contributed by atoms with E-state index in [9.17, 15) is 14.4 Å². The Morgan fingerprint density at radius 1 is 1.35 bits per heavy atom. The zero-order chi connectivity index (χ0) is 15.0. The first kappa shape index (κ1) is 15.7. The van der Waals surface area contributed by atoms with Crippen LogP contribution in [-0.4, -0.2) is 31.1 Å². The maximum Gasteiger partial charge on any atom is 0.338 e. The second-order valence-corrected chi connectivity index (χ2v) is 4.07. The number of nitrogens with one attached hydrogen (secondary N) is 2. The maximum atomic E-state index is 11.6. The fraction of sp³-hybridized carbons (Fsp3) is 0.154. The smallest absolute Gasteiger partial charge is 0.338 e. The number of carbonyl (C=O) groups is 3. The molecule has 3 amide bonds. The first-order valence-corrected chi connectivity index (χ1v) is 6.02. The summed E-state index contributed by atoms with van der Waals surface area (Å²) in [5.41, 5.74) is 0.224. The maximum absolute atomic E-state index is 11.6.